The van der Waals surface area contributed by atoms with Crippen molar-refractivity contribution in [1.82, 2.24) is 5.32 Å². The molecule has 0 spiro atoms. The summed E-state index contributed by atoms with van der Waals surface area (Å²) in [5.74, 6) is 0.260. The van der Waals surface area contributed by atoms with Crippen molar-refractivity contribution in [3.8, 4) is 5.75 Å². The van der Waals surface area contributed by atoms with Crippen LogP contribution in [-0.2, 0) is 14.3 Å². The quantitative estimate of drug-likeness (QED) is 0.714. The molecule has 0 aliphatic carbocycles. The van der Waals surface area contributed by atoms with E-state index in [4.69, 9.17) is 14.2 Å². The molecule has 6 heteroatoms. The molecule has 1 rings (SSSR count). The van der Waals surface area contributed by atoms with Gasteiger partial charge in [-0.2, -0.15) is 0 Å². The van der Waals surface area contributed by atoms with Crippen LogP contribution in [0.2, 0.25) is 0 Å². The predicted octanol–water partition coefficient (Wildman–Crippen LogP) is 4.33. The largest absolute Gasteiger partial charge is 0.486 e. The summed E-state index contributed by atoms with van der Waals surface area (Å²) in [5.41, 5.74) is -1.54. The van der Waals surface area contributed by atoms with Gasteiger partial charge in [0.05, 0.1) is 0 Å². The molecule has 0 bridgehead atoms. The fourth-order valence-corrected chi connectivity index (χ4v) is 2.68. The van der Waals surface area contributed by atoms with Gasteiger partial charge in [-0.3, -0.25) is 0 Å². The van der Waals surface area contributed by atoms with Crippen molar-refractivity contribution in [3.63, 3.8) is 0 Å². The maximum atomic E-state index is 12.5. The highest BCUT2D eigenvalue weighted by Crippen LogP contribution is 2.27. The molecule has 1 N–H and O–H groups in total. The maximum Gasteiger partial charge on any atom is 0.408 e. The second-order valence-electron chi connectivity index (χ2n) is 8.49. The van der Waals surface area contributed by atoms with Crippen LogP contribution >= 0.6 is 0 Å². The summed E-state index contributed by atoms with van der Waals surface area (Å²) >= 11 is 0. The summed E-state index contributed by atoms with van der Waals surface area (Å²) in [4.78, 5) is 24.3. The summed E-state index contributed by atoms with van der Waals surface area (Å²) in [6, 6.07) is 8.56. The van der Waals surface area contributed by atoms with Crippen LogP contribution in [0.3, 0.4) is 0 Å². The summed E-state index contributed by atoms with van der Waals surface area (Å²) in [6.45, 7) is 14.5. The van der Waals surface area contributed by atoms with Crippen LogP contribution in [0.4, 0.5) is 4.79 Å². The molecule has 0 unspecified atom stereocenters. The Bertz CT molecular complexity index is 619. The van der Waals surface area contributed by atoms with Crippen LogP contribution in [0.15, 0.2) is 30.3 Å². The molecule has 0 heterocycles. The van der Waals surface area contributed by atoms with Crippen LogP contribution in [0.25, 0.3) is 0 Å². The van der Waals surface area contributed by atoms with E-state index in [2.05, 4.69) is 5.32 Å². The summed E-state index contributed by atoms with van der Waals surface area (Å²) in [5, 5.41) is 2.50. The zero-order valence-corrected chi connectivity index (χ0v) is 17.7. The van der Waals surface area contributed by atoms with Gasteiger partial charge in [-0.15, -0.1) is 0 Å². The van der Waals surface area contributed by atoms with Gasteiger partial charge in [-0.1, -0.05) is 32.0 Å². The number of benzene rings is 1. The highest BCUT2D eigenvalue weighted by molar-refractivity contribution is 5.81. The van der Waals surface area contributed by atoms with E-state index in [0.29, 0.717) is 5.75 Å². The number of rotatable bonds is 7. The van der Waals surface area contributed by atoms with Gasteiger partial charge in [-0.25, -0.2) is 9.59 Å². The van der Waals surface area contributed by atoms with Crippen molar-refractivity contribution >= 4 is 12.1 Å². The number of nitrogens with one attached hydrogen (secondary N) is 1. The molecule has 0 saturated heterocycles. The molecule has 27 heavy (non-hydrogen) atoms. The van der Waals surface area contributed by atoms with Gasteiger partial charge in [0.1, 0.15) is 29.1 Å². The van der Waals surface area contributed by atoms with Gasteiger partial charge in [0.2, 0.25) is 0 Å². The third-order valence-corrected chi connectivity index (χ3v) is 3.75. The normalized spacial score (nSPS) is 14.3. The molecule has 1 aromatic carbocycles. The van der Waals surface area contributed by atoms with Gasteiger partial charge in [-0.05, 0) is 59.6 Å². The minimum absolute atomic E-state index is 0.0992. The Balaban J connectivity index is 2.76. The smallest absolute Gasteiger partial charge is 0.408 e. The summed E-state index contributed by atoms with van der Waals surface area (Å²) in [6.07, 6.45) is -1.02. The summed E-state index contributed by atoms with van der Waals surface area (Å²) in [7, 11) is 0. The van der Waals surface area contributed by atoms with Gasteiger partial charge in [0.25, 0.3) is 0 Å². The number of hydrogen-bond acceptors (Lipinski definition) is 5. The number of alkyl carbamates (subject to hydrolysis) is 1. The van der Waals surface area contributed by atoms with Gasteiger partial charge in [0.15, 0.2) is 0 Å². The third-order valence-electron chi connectivity index (χ3n) is 3.75. The van der Waals surface area contributed by atoms with Crippen molar-refractivity contribution in [2.75, 3.05) is 0 Å². The molecule has 0 fully saturated rings. The van der Waals surface area contributed by atoms with E-state index in [9.17, 15) is 9.59 Å². The van der Waals surface area contributed by atoms with Crippen molar-refractivity contribution in [3.05, 3.63) is 30.3 Å². The van der Waals surface area contributed by atoms with Crippen molar-refractivity contribution in [1.29, 1.82) is 0 Å². The number of carbonyl (C=O) groups is 2. The van der Waals surface area contributed by atoms with Crippen LogP contribution in [0, 0.1) is 5.92 Å². The first-order valence-electron chi connectivity index (χ1n) is 9.26. The zero-order valence-electron chi connectivity index (χ0n) is 17.7. The molecule has 1 amide bonds. The minimum Gasteiger partial charge on any atom is -0.486 e. The average molecular weight is 379 g/mol. The molecule has 0 aliphatic rings. The molecule has 152 valence electrons. The highest BCUT2D eigenvalue weighted by atomic mass is 16.6. The third kappa shape index (κ3) is 7.89. The Kier molecular flexibility index (Phi) is 7.69. The van der Waals surface area contributed by atoms with Crippen LogP contribution in [0.1, 0.15) is 55.4 Å². The Morgan fingerprint density at radius 1 is 0.926 bits per heavy atom. The summed E-state index contributed by atoms with van der Waals surface area (Å²) < 4.78 is 16.9. The first-order valence-corrected chi connectivity index (χ1v) is 9.26. The number of para-hydroxylation sites is 1. The van der Waals surface area contributed by atoms with Crippen LogP contribution in [0.5, 0.6) is 5.75 Å². The minimum atomic E-state index is -0.898. The number of carbonyl (C=O) groups excluding carboxylic acids is 2. The lowest BCUT2D eigenvalue weighted by molar-refractivity contribution is -0.170. The molecule has 1 aromatic rings. The van der Waals surface area contributed by atoms with Crippen molar-refractivity contribution < 1.29 is 23.8 Å². The second-order valence-corrected chi connectivity index (χ2v) is 8.49. The Morgan fingerprint density at radius 2 is 1.48 bits per heavy atom. The van der Waals surface area contributed by atoms with Crippen LogP contribution < -0.4 is 10.1 Å². The molecule has 0 saturated carbocycles. The first kappa shape index (κ1) is 22.8. The average Bonchev–Trinajstić information content (AvgIpc) is 2.50. The standard InChI is InChI=1S/C21H33NO5/c1-14(2)17(25-16-12-10-9-11-13-16)21(7,8)26-18(23)15(3)22-19(24)27-20(4,5)6/h9-15,17H,1-8H3,(H,22,24)/t15-,17+/m0/s1. The zero-order chi connectivity index (χ0) is 20.8. The lowest BCUT2D eigenvalue weighted by Gasteiger charge is -2.37. The number of amides is 1. The van der Waals surface area contributed by atoms with E-state index in [1.165, 1.54) is 0 Å². The van der Waals surface area contributed by atoms with E-state index in [1.54, 1.807) is 41.5 Å². The lowest BCUT2D eigenvalue weighted by Crippen LogP contribution is -2.51. The molecular formula is C21H33NO5. The van der Waals surface area contributed by atoms with Gasteiger partial charge >= 0.3 is 12.1 Å². The van der Waals surface area contributed by atoms with E-state index in [-0.39, 0.29) is 12.0 Å². The first-order chi connectivity index (χ1) is 12.3. The molecule has 0 radical (unpaired) electrons. The van der Waals surface area contributed by atoms with Gasteiger partial charge < -0.3 is 19.5 Å². The SMILES string of the molecule is CC(C)[C@@H](Oc1ccccc1)C(C)(C)OC(=O)[C@H](C)NC(=O)OC(C)(C)C. The van der Waals surface area contributed by atoms with Crippen molar-refractivity contribution in [2.45, 2.75) is 78.7 Å². The Hall–Kier alpha value is -2.24. The molecule has 0 aliphatic heterocycles. The fraction of sp³-hybridized carbons (Fsp3) is 0.619. The topological polar surface area (TPSA) is 73.9 Å². The number of ether oxygens (including phenoxy) is 3. The number of hydrogen-bond donors (Lipinski definition) is 1. The van der Waals surface area contributed by atoms with E-state index >= 15 is 0 Å². The van der Waals surface area contributed by atoms with Gasteiger partial charge in [0, 0.05) is 0 Å². The van der Waals surface area contributed by atoms with E-state index < -0.39 is 29.3 Å². The van der Waals surface area contributed by atoms with Crippen molar-refractivity contribution in [2.24, 2.45) is 5.92 Å². The molecular weight excluding hydrogens is 346 g/mol. The Labute approximate surface area is 162 Å². The fourth-order valence-electron chi connectivity index (χ4n) is 2.68. The number of esters is 1. The Morgan fingerprint density at radius 3 is 1.96 bits per heavy atom. The monoisotopic (exact) mass is 379 g/mol. The molecule has 6 nitrogen and oxygen atoms in total. The lowest BCUT2D eigenvalue weighted by atomic mass is 9.91. The van der Waals surface area contributed by atoms with Crippen LogP contribution in [-0.4, -0.2) is 35.4 Å². The molecule has 0 aromatic heterocycles. The molecule has 2 atom stereocenters. The van der Waals surface area contributed by atoms with E-state index in [0.717, 1.165) is 0 Å². The highest BCUT2D eigenvalue weighted by Gasteiger charge is 2.39. The predicted molar refractivity (Wildman–Crippen MR) is 105 cm³/mol. The second kappa shape index (κ2) is 9.11. The maximum absolute atomic E-state index is 12.5. The van der Waals surface area contributed by atoms with E-state index in [1.807, 2.05) is 44.2 Å².